The molecule has 1 aromatic heterocycles. The molecule has 4 nitrogen and oxygen atoms in total. The first kappa shape index (κ1) is 13.2. The smallest absolute Gasteiger partial charge is 0.355 e. The van der Waals surface area contributed by atoms with Gasteiger partial charge in [-0.3, -0.25) is 0 Å². The molecule has 0 radical (unpaired) electrons. The number of hydrogen-bond acceptors (Lipinski definition) is 3. The molecule has 0 saturated carbocycles. The van der Waals surface area contributed by atoms with Crippen LogP contribution in [-0.2, 0) is 6.42 Å². The predicted molar refractivity (Wildman–Crippen MR) is 81.3 cm³/mol. The Bertz CT molecular complexity index is 814. The van der Waals surface area contributed by atoms with Gasteiger partial charge in [0, 0.05) is 10.9 Å². The van der Waals surface area contributed by atoms with Gasteiger partial charge in [0.1, 0.15) is 0 Å². The number of benzene rings is 2. The maximum Gasteiger partial charge on any atom is 0.355 e. The summed E-state index contributed by atoms with van der Waals surface area (Å²) in [6.45, 7) is 1.99. The molecule has 0 bridgehead atoms. The molecule has 4 heteroatoms. The minimum absolute atomic E-state index is 0.0660. The fourth-order valence-corrected chi connectivity index (χ4v) is 2.42. The largest absolute Gasteiger partial charge is 0.476 e. The van der Waals surface area contributed by atoms with Crippen LogP contribution >= 0.6 is 0 Å². The highest BCUT2D eigenvalue weighted by molar-refractivity contribution is 6.02. The Balaban J connectivity index is 2.34. The van der Waals surface area contributed by atoms with Crippen molar-refractivity contribution in [2.45, 2.75) is 13.3 Å². The SMILES string of the molecule is CCc1cccc2nc(-c3ccccc3)nc(C(=O)O)c12. The minimum atomic E-state index is -1.03. The van der Waals surface area contributed by atoms with Gasteiger partial charge in [-0.2, -0.15) is 0 Å². The molecule has 1 heterocycles. The molecule has 0 spiro atoms. The van der Waals surface area contributed by atoms with E-state index in [0.29, 0.717) is 16.7 Å². The first-order chi connectivity index (χ1) is 10.2. The highest BCUT2D eigenvalue weighted by Crippen LogP contribution is 2.25. The van der Waals surface area contributed by atoms with Crippen LogP contribution in [-0.4, -0.2) is 21.0 Å². The first-order valence-electron chi connectivity index (χ1n) is 6.79. The summed E-state index contributed by atoms with van der Waals surface area (Å²) in [5.74, 6) is -0.589. The van der Waals surface area contributed by atoms with Crippen molar-refractivity contribution in [3.8, 4) is 11.4 Å². The summed E-state index contributed by atoms with van der Waals surface area (Å²) in [4.78, 5) is 20.4. The number of aryl methyl sites for hydroxylation is 1. The Labute approximate surface area is 122 Å². The van der Waals surface area contributed by atoms with Gasteiger partial charge in [0.2, 0.25) is 0 Å². The lowest BCUT2D eigenvalue weighted by molar-refractivity contribution is 0.0693. The molecule has 3 rings (SSSR count). The van der Waals surface area contributed by atoms with Crippen LogP contribution in [0, 0.1) is 0 Å². The second kappa shape index (κ2) is 5.32. The van der Waals surface area contributed by atoms with Crippen LogP contribution in [0.3, 0.4) is 0 Å². The van der Waals surface area contributed by atoms with E-state index in [-0.39, 0.29) is 5.69 Å². The van der Waals surface area contributed by atoms with Gasteiger partial charge in [-0.05, 0) is 18.1 Å². The zero-order chi connectivity index (χ0) is 14.8. The number of nitrogens with zero attached hydrogens (tertiary/aromatic N) is 2. The van der Waals surface area contributed by atoms with E-state index < -0.39 is 5.97 Å². The number of carboxylic acid groups (broad SMARTS) is 1. The van der Waals surface area contributed by atoms with Crippen LogP contribution in [0.4, 0.5) is 0 Å². The topological polar surface area (TPSA) is 63.1 Å². The second-order valence-electron chi connectivity index (χ2n) is 4.73. The minimum Gasteiger partial charge on any atom is -0.476 e. The van der Waals surface area contributed by atoms with E-state index in [1.807, 2.05) is 55.5 Å². The van der Waals surface area contributed by atoms with Crippen molar-refractivity contribution < 1.29 is 9.90 Å². The molecular formula is C17H14N2O2. The van der Waals surface area contributed by atoms with E-state index >= 15 is 0 Å². The summed E-state index contributed by atoms with van der Waals surface area (Å²) in [6.07, 6.45) is 0.742. The normalized spacial score (nSPS) is 10.7. The van der Waals surface area contributed by atoms with Crippen molar-refractivity contribution in [2.75, 3.05) is 0 Å². The van der Waals surface area contributed by atoms with Crippen molar-refractivity contribution in [2.24, 2.45) is 0 Å². The van der Waals surface area contributed by atoms with Gasteiger partial charge < -0.3 is 5.11 Å². The molecule has 3 aromatic rings. The molecular weight excluding hydrogens is 264 g/mol. The third kappa shape index (κ3) is 2.36. The highest BCUT2D eigenvalue weighted by Gasteiger charge is 2.16. The third-order valence-corrected chi connectivity index (χ3v) is 3.43. The number of hydrogen-bond donors (Lipinski definition) is 1. The van der Waals surface area contributed by atoms with Gasteiger partial charge in [0.15, 0.2) is 11.5 Å². The van der Waals surface area contributed by atoms with Crippen LogP contribution in [0.15, 0.2) is 48.5 Å². The average Bonchev–Trinajstić information content (AvgIpc) is 2.53. The molecule has 0 aliphatic rings. The summed E-state index contributed by atoms with van der Waals surface area (Å²) in [6, 6.07) is 15.0. The Kier molecular flexibility index (Phi) is 3.36. The maximum absolute atomic E-state index is 11.6. The molecule has 0 amide bonds. The van der Waals surface area contributed by atoms with Crippen LogP contribution in [0.25, 0.3) is 22.3 Å². The van der Waals surface area contributed by atoms with Gasteiger partial charge in [-0.15, -0.1) is 0 Å². The quantitative estimate of drug-likeness (QED) is 0.795. The van der Waals surface area contributed by atoms with E-state index in [0.717, 1.165) is 17.5 Å². The van der Waals surface area contributed by atoms with Crippen molar-refractivity contribution in [3.63, 3.8) is 0 Å². The number of aromatic nitrogens is 2. The molecule has 0 fully saturated rings. The van der Waals surface area contributed by atoms with Crippen molar-refractivity contribution in [3.05, 3.63) is 59.8 Å². The summed E-state index contributed by atoms with van der Waals surface area (Å²) < 4.78 is 0. The van der Waals surface area contributed by atoms with Gasteiger partial charge >= 0.3 is 5.97 Å². The van der Waals surface area contributed by atoms with E-state index in [9.17, 15) is 9.90 Å². The molecule has 0 aliphatic heterocycles. The lowest BCUT2D eigenvalue weighted by atomic mass is 10.0. The Morgan fingerprint density at radius 3 is 2.48 bits per heavy atom. The zero-order valence-electron chi connectivity index (χ0n) is 11.6. The van der Waals surface area contributed by atoms with E-state index in [1.54, 1.807) is 0 Å². The van der Waals surface area contributed by atoms with Crippen LogP contribution in [0.5, 0.6) is 0 Å². The number of carbonyl (C=O) groups is 1. The zero-order valence-corrected chi connectivity index (χ0v) is 11.6. The second-order valence-corrected chi connectivity index (χ2v) is 4.73. The lowest BCUT2D eigenvalue weighted by Gasteiger charge is -2.09. The van der Waals surface area contributed by atoms with Crippen molar-refractivity contribution in [1.29, 1.82) is 0 Å². The van der Waals surface area contributed by atoms with Gasteiger partial charge in [0.05, 0.1) is 5.52 Å². The molecule has 0 saturated heterocycles. The van der Waals surface area contributed by atoms with E-state index in [2.05, 4.69) is 9.97 Å². The van der Waals surface area contributed by atoms with Gasteiger partial charge in [0.25, 0.3) is 0 Å². The third-order valence-electron chi connectivity index (χ3n) is 3.43. The fourth-order valence-electron chi connectivity index (χ4n) is 2.42. The number of fused-ring (bicyclic) bond motifs is 1. The summed E-state index contributed by atoms with van der Waals surface area (Å²) >= 11 is 0. The van der Waals surface area contributed by atoms with Crippen LogP contribution in [0.1, 0.15) is 23.0 Å². The fraction of sp³-hybridized carbons (Fsp3) is 0.118. The molecule has 1 N–H and O–H groups in total. The Hall–Kier alpha value is -2.75. The highest BCUT2D eigenvalue weighted by atomic mass is 16.4. The van der Waals surface area contributed by atoms with Gasteiger partial charge in [-0.25, -0.2) is 14.8 Å². The summed E-state index contributed by atoms with van der Waals surface area (Å²) in [5, 5.41) is 10.1. The van der Waals surface area contributed by atoms with E-state index in [4.69, 9.17) is 0 Å². The average molecular weight is 278 g/mol. The van der Waals surface area contributed by atoms with Crippen LogP contribution < -0.4 is 0 Å². The van der Waals surface area contributed by atoms with E-state index in [1.165, 1.54) is 0 Å². The predicted octanol–water partition coefficient (Wildman–Crippen LogP) is 3.56. The Morgan fingerprint density at radius 2 is 1.81 bits per heavy atom. The standard InChI is InChI=1S/C17H14N2O2/c1-2-11-9-6-10-13-14(11)15(17(20)21)19-16(18-13)12-7-4-3-5-8-12/h3-10H,2H2,1H3,(H,20,21). The molecule has 0 atom stereocenters. The molecule has 0 unspecified atom stereocenters. The Morgan fingerprint density at radius 1 is 1.05 bits per heavy atom. The summed E-state index contributed by atoms with van der Waals surface area (Å²) in [5.41, 5.74) is 2.49. The number of aromatic carboxylic acids is 1. The van der Waals surface area contributed by atoms with Crippen LogP contribution in [0.2, 0.25) is 0 Å². The molecule has 104 valence electrons. The van der Waals surface area contributed by atoms with Crippen molar-refractivity contribution in [1.82, 2.24) is 9.97 Å². The van der Waals surface area contributed by atoms with Crippen molar-refractivity contribution >= 4 is 16.9 Å². The monoisotopic (exact) mass is 278 g/mol. The number of carboxylic acids is 1. The molecule has 0 aliphatic carbocycles. The number of rotatable bonds is 3. The summed E-state index contributed by atoms with van der Waals surface area (Å²) in [7, 11) is 0. The first-order valence-corrected chi connectivity index (χ1v) is 6.79. The molecule has 21 heavy (non-hydrogen) atoms. The molecule has 2 aromatic carbocycles. The van der Waals surface area contributed by atoms with Gasteiger partial charge in [-0.1, -0.05) is 49.4 Å². The lowest BCUT2D eigenvalue weighted by Crippen LogP contribution is -2.06. The maximum atomic E-state index is 11.6.